The first kappa shape index (κ1) is 12.8. The standard InChI is InChI=1S/C14H21NO/c1-11(2)14(8-5-9-15)12-6-4-7-13(10-12)16-3/h4,6-8,10-11H,5,9,15H2,1-3H3/b14-8+. The van der Waals surface area contributed by atoms with Crippen LogP contribution in [0.15, 0.2) is 30.3 Å². The number of hydrogen-bond acceptors (Lipinski definition) is 2. The summed E-state index contributed by atoms with van der Waals surface area (Å²) in [5, 5.41) is 0. The Morgan fingerprint density at radius 2 is 2.19 bits per heavy atom. The maximum Gasteiger partial charge on any atom is 0.119 e. The minimum atomic E-state index is 0.499. The highest BCUT2D eigenvalue weighted by molar-refractivity contribution is 5.68. The third-order valence-electron chi connectivity index (χ3n) is 2.56. The molecular weight excluding hydrogens is 198 g/mol. The number of hydrogen-bond donors (Lipinski definition) is 1. The average Bonchev–Trinajstić information content (AvgIpc) is 2.29. The summed E-state index contributed by atoms with van der Waals surface area (Å²) in [6, 6.07) is 8.17. The maximum absolute atomic E-state index is 5.54. The molecule has 0 fully saturated rings. The van der Waals surface area contributed by atoms with Crippen molar-refractivity contribution in [2.75, 3.05) is 13.7 Å². The van der Waals surface area contributed by atoms with Crippen LogP contribution < -0.4 is 10.5 Å². The van der Waals surface area contributed by atoms with Gasteiger partial charge in [-0.05, 0) is 42.2 Å². The van der Waals surface area contributed by atoms with Crippen LogP contribution in [0.3, 0.4) is 0 Å². The molecule has 0 aliphatic heterocycles. The van der Waals surface area contributed by atoms with Crippen molar-refractivity contribution in [2.24, 2.45) is 11.7 Å². The Hall–Kier alpha value is -1.28. The summed E-state index contributed by atoms with van der Waals surface area (Å²) in [5.74, 6) is 1.40. The topological polar surface area (TPSA) is 35.2 Å². The van der Waals surface area contributed by atoms with Crippen LogP contribution in [0, 0.1) is 5.92 Å². The molecule has 2 heteroatoms. The zero-order chi connectivity index (χ0) is 12.0. The largest absolute Gasteiger partial charge is 0.497 e. The SMILES string of the molecule is COc1cccc(/C(=C/CCN)C(C)C)c1. The van der Waals surface area contributed by atoms with Gasteiger partial charge in [-0.2, -0.15) is 0 Å². The lowest BCUT2D eigenvalue weighted by Crippen LogP contribution is -1.99. The average molecular weight is 219 g/mol. The lowest BCUT2D eigenvalue weighted by atomic mass is 9.94. The smallest absolute Gasteiger partial charge is 0.119 e. The predicted octanol–water partition coefficient (Wildman–Crippen LogP) is 3.08. The van der Waals surface area contributed by atoms with E-state index in [9.17, 15) is 0 Å². The van der Waals surface area contributed by atoms with E-state index in [1.54, 1.807) is 7.11 Å². The molecule has 0 heterocycles. The molecule has 0 aromatic heterocycles. The number of benzene rings is 1. The molecule has 0 saturated heterocycles. The van der Waals surface area contributed by atoms with Gasteiger partial charge in [0.25, 0.3) is 0 Å². The van der Waals surface area contributed by atoms with Gasteiger partial charge >= 0.3 is 0 Å². The molecule has 88 valence electrons. The second kappa shape index (κ2) is 6.33. The molecule has 0 aliphatic rings. The first-order valence-electron chi connectivity index (χ1n) is 5.73. The Morgan fingerprint density at radius 3 is 2.75 bits per heavy atom. The number of rotatable bonds is 5. The van der Waals surface area contributed by atoms with Gasteiger partial charge in [0.2, 0.25) is 0 Å². The molecule has 2 N–H and O–H groups in total. The molecule has 0 unspecified atom stereocenters. The van der Waals surface area contributed by atoms with Crippen molar-refractivity contribution in [1.82, 2.24) is 0 Å². The summed E-state index contributed by atoms with van der Waals surface area (Å²) in [6.07, 6.45) is 3.14. The molecule has 0 radical (unpaired) electrons. The summed E-state index contributed by atoms with van der Waals surface area (Å²) in [7, 11) is 1.69. The monoisotopic (exact) mass is 219 g/mol. The van der Waals surface area contributed by atoms with Crippen molar-refractivity contribution in [1.29, 1.82) is 0 Å². The van der Waals surface area contributed by atoms with Crippen LogP contribution in [0.5, 0.6) is 5.75 Å². The molecule has 2 nitrogen and oxygen atoms in total. The molecule has 16 heavy (non-hydrogen) atoms. The molecule has 1 aromatic rings. The van der Waals surface area contributed by atoms with Crippen LogP contribution >= 0.6 is 0 Å². The highest BCUT2D eigenvalue weighted by Gasteiger charge is 2.06. The summed E-state index contributed by atoms with van der Waals surface area (Å²) < 4.78 is 5.24. The first-order valence-corrected chi connectivity index (χ1v) is 5.73. The minimum absolute atomic E-state index is 0.499. The highest BCUT2D eigenvalue weighted by atomic mass is 16.5. The van der Waals surface area contributed by atoms with E-state index in [1.165, 1.54) is 11.1 Å². The van der Waals surface area contributed by atoms with Crippen molar-refractivity contribution in [3.63, 3.8) is 0 Å². The Kier molecular flexibility index (Phi) is 5.06. The van der Waals surface area contributed by atoms with Gasteiger partial charge in [0, 0.05) is 0 Å². The number of allylic oxidation sites excluding steroid dienone is 1. The predicted molar refractivity (Wildman–Crippen MR) is 69.5 cm³/mol. The van der Waals surface area contributed by atoms with Gasteiger partial charge in [0.15, 0.2) is 0 Å². The van der Waals surface area contributed by atoms with Crippen LogP contribution in [0.2, 0.25) is 0 Å². The Morgan fingerprint density at radius 1 is 1.44 bits per heavy atom. The van der Waals surface area contributed by atoms with E-state index in [2.05, 4.69) is 32.1 Å². The quantitative estimate of drug-likeness (QED) is 0.826. The van der Waals surface area contributed by atoms with Crippen molar-refractivity contribution in [3.05, 3.63) is 35.9 Å². The zero-order valence-corrected chi connectivity index (χ0v) is 10.4. The highest BCUT2D eigenvalue weighted by Crippen LogP contribution is 2.26. The summed E-state index contributed by atoms with van der Waals surface area (Å²) in [4.78, 5) is 0. The van der Waals surface area contributed by atoms with Crippen molar-refractivity contribution in [3.8, 4) is 5.75 Å². The molecule has 1 rings (SSSR count). The molecule has 0 atom stereocenters. The van der Waals surface area contributed by atoms with E-state index in [-0.39, 0.29) is 0 Å². The van der Waals surface area contributed by atoms with E-state index >= 15 is 0 Å². The molecular formula is C14H21NO. The van der Waals surface area contributed by atoms with Gasteiger partial charge in [-0.1, -0.05) is 32.1 Å². The molecule has 0 amide bonds. The second-order valence-electron chi connectivity index (χ2n) is 4.12. The van der Waals surface area contributed by atoms with Crippen LogP contribution in [0.4, 0.5) is 0 Å². The van der Waals surface area contributed by atoms with Crippen LogP contribution in [-0.2, 0) is 0 Å². The molecule has 0 aliphatic carbocycles. The fourth-order valence-corrected chi connectivity index (χ4v) is 1.73. The fraction of sp³-hybridized carbons (Fsp3) is 0.429. The number of methoxy groups -OCH3 is 1. The zero-order valence-electron chi connectivity index (χ0n) is 10.4. The third kappa shape index (κ3) is 3.38. The van der Waals surface area contributed by atoms with E-state index in [1.807, 2.05) is 12.1 Å². The van der Waals surface area contributed by atoms with E-state index in [4.69, 9.17) is 10.5 Å². The molecule has 0 bridgehead atoms. The van der Waals surface area contributed by atoms with Gasteiger partial charge in [0.1, 0.15) is 5.75 Å². The summed E-state index contributed by atoms with van der Waals surface area (Å²) in [5.41, 5.74) is 8.10. The Bertz CT molecular complexity index is 356. The summed E-state index contributed by atoms with van der Waals surface area (Å²) >= 11 is 0. The van der Waals surface area contributed by atoms with Gasteiger partial charge in [-0.3, -0.25) is 0 Å². The van der Waals surface area contributed by atoms with Crippen molar-refractivity contribution < 1.29 is 4.74 Å². The second-order valence-corrected chi connectivity index (χ2v) is 4.12. The Balaban J connectivity index is 3.01. The molecule has 0 spiro atoms. The van der Waals surface area contributed by atoms with Gasteiger partial charge < -0.3 is 10.5 Å². The van der Waals surface area contributed by atoms with Gasteiger partial charge in [0.05, 0.1) is 7.11 Å². The van der Waals surface area contributed by atoms with Crippen LogP contribution in [0.1, 0.15) is 25.8 Å². The maximum atomic E-state index is 5.54. The molecule has 1 aromatic carbocycles. The van der Waals surface area contributed by atoms with E-state index in [0.29, 0.717) is 12.5 Å². The number of ether oxygens (including phenoxy) is 1. The van der Waals surface area contributed by atoms with E-state index in [0.717, 1.165) is 12.2 Å². The normalized spacial score (nSPS) is 11.9. The van der Waals surface area contributed by atoms with Crippen molar-refractivity contribution >= 4 is 5.57 Å². The van der Waals surface area contributed by atoms with Gasteiger partial charge in [-0.25, -0.2) is 0 Å². The van der Waals surface area contributed by atoms with Crippen molar-refractivity contribution in [2.45, 2.75) is 20.3 Å². The lowest BCUT2D eigenvalue weighted by molar-refractivity contribution is 0.414. The third-order valence-corrected chi connectivity index (χ3v) is 2.56. The van der Waals surface area contributed by atoms with Crippen LogP contribution in [0.25, 0.3) is 5.57 Å². The first-order chi connectivity index (χ1) is 7.69. The summed E-state index contributed by atoms with van der Waals surface area (Å²) in [6.45, 7) is 5.09. The minimum Gasteiger partial charge on any atom is -0.497 e. The number of nitrogens with two attached hydrogens (primary N) is 1. The lowest BCUT2D eigenvalue weighted by Gasteiger charge is -2.13. The van der Waals surface area contributed by atoms with E-state index < -0.39 is 0 Å². The molecule has 0 saturated carbocycles. The van der Waals surface area contributed by atoms with Crippen LogP contribution in [-0.4, -0.2) is 13.7 Å². The Labute approximate surface area is 98.1 Å². The fourth-order valence-electron chi connectivity index (χ4n) is 1.73. The van der Waals surface area contributed by atoms with Gasteiger partial charge in [-0.15, -0.1) is 0 Å².